The summed E-state index contributed by atoms with van der Waals surface area (Å²) in [5, 5.41) is 1.82. The summed E-state index contributed by atoms with van der Waals surface area (Å²) in [6.45, 7) is 1.38. The highest BCUT2D eigenvalue weighted by atomic mass is 32.1. The van der Waals surface area contributed by atoms with Crippen molar-refractivity contribution in [2.24, 2.45) is 0 Å². The third-order valence-electron chi connectivity index (χ3n) is 2.38. The zero-order valence-corrected chi connectivity index (χ0v) is 10.4. The van der Waals surface area contributed by atoms with Gasteiger partial charge in [-0.1, -0.05) is 6.07 Å². The number of hydrogen-bond acceptors (Lipinski definition) is 3. The van der Waals surface area contributed by atoms with Gasteiger partial charge in [-0.15, -0.1) is 11.3 Å². The molecule has 0 spiro atoms. The average Bonchev–Trinajstić information content (AvgIpc) is 2.64. The second-order valence-electron chi connectivity index (χ2n) is 3.96. The Labute approximate surface area is 102 Å². The van der Waals surface area contributed by atoms with Crippen LogP contribution in [0.25, 0.3) is 0 Å². The van der Waals surface area contributed by atoms with Gasteiger partial charge in [-0.3, -0.25) is 9.69 Å². The number of ketones is 1. The topological polar surface area (TPSA) is 20.3 Å². The number of hydrogen-bond donors (Lipinski definition) is 0. The zero-order valence-electron chi connectivity index (χ0n) is 9.62. The van der Waals surface area contributed by atoms with Gasteiger partial charge in [0.1, 0.15) is 11.8 Å². The molecular weight excluding hydrogens is 251 g/mol. The van der Waals surface area contributed by atoms with Crippen LogP contribution in [0, 0.1) is 0 Å². The van der Waals surface area contributed by atoms with Crippen LogP contribution in [-0.2, 0) is 11.3 Å². The van der Waals surface area contributed by atoms with E-state index in [0.717, 1.165) is 4.88 Å². The molecule has 0 saturated heterocycles. The summed E-state index contributed by atoms with van der Waals surface area (Å²) in [6, 6.07) is 1.87. The van der Waals surface area contributed by atoms with Crippen molar-refractivity contribution < 1.29 is 18.0 Å². The molecule has 1 aromatic heterocycles. The Morgan fingerprint density at radius 2 is 2.18 bits per heavy atom. The van der Waals surface area contributed by atoms with E-state index >= 15 is 0 Å². The molecule has 2 nitrogen and oxygen atoms in total. The predicted octanol–water partition coefficient (Wildman–Crippen LogP) is 3.09. The highest BCUT2D eigenvalue weighted by Gasteiger charge is 2.42. The van der Waals surface area contributed by atoms with Crippen LogP contribution in [0.4, 0.5) is 13.2 Å². The van der Waals surface area contributed by atoms with Gasteiger partial charge in [-0.05, 0) is 25.4 Å². The monoisotopic (exact) mass is 265 g/mol. The second kappa shape index (κ2) is 5.64. The number of Topliss-reactive ketones (excluding diaryl/α,β-unsaturated/α-hetero) is 1. The molecule has 0 radical (unpaired) electrons. The normalized spacial score (nSPS) is 14.0. The van der Waals surface area contributed by atoms with Crippen molar-refractivity contribution in [2.75, 3.05) is 7.05 Å². The Hall–Kier alpha value is -0.880. The van der Waals surface area contributed by atoms with Crippen molar-refractivity contribution in [3.63, 3.8) is 0 Å². The first kappa shape index (κ1) is 14.2. The van der Waals surface area contributed by atoms with Crippen molar-refractivity contribution in [3.05, 3.63) is 22.4 Å². The molecule has 1 unspecified atom stereocenters. The minimum Gasteiger partial charge on any atom is -0.300 e. The average molecular weight is 265 g/mol. The Bertz CT molecular complexity index is 361. The fourth-order valence-corrected chi connectivity index (χ4v) is 2.32. The van der Waals surface area contributed by atoms with Crippen molar-refractivity contribution in [1.29, 1.82) is 0 Å². The van der Waals surface area contributed by atoms with E-state index in [1.165, 1.54) is 30.2 Å². The minimum atomic E-state index is -4.38. The highest BCUT2D eigenvalue weighted by molar-refractivity contribution is 7.09. The molecule has 0 saturated carbocycles. The third-order valence-corrected chi connectivity index (χ3v) is 3.24. The highest BCUT2D eigenvalue weighted by Crippen LogP contribution is 2.28. The molecule has 0 aliphatic heterocycles. The SMILES string of the molecule is CC(=O)CC(N(C)Cc1cccs1)C(F)(F)F. The number of carbonyl (C=O) groups excluding carboxylic acids is 1. The molecule has 0 aliphatic carbocycles. The van der Waals surface area contributed by atoms with Crippen molar-refractivity contribution in [1.82, 2.24) is 4.90 Å². The van der Waals surface area contributed by atoms with Crippen molar-refractivity contribution in [3.8, 4) is 0 Å². The lowest BCUT2D eigenvalue weighted by Gasteiger charge is -2.28. The van der Waals surface area contributed by atoms with E-state index in [0.29, 0.717) is 0 Å². The van der Waals surface area contributed by atoms with E-state index in [4.69, 9.17) is 0 Å². The largest absolute Gasteiger partial charge is 0.404 e. The number of halogens is 3. The molecule has 6 heteroatoms. The standard InChI is InChI=1S/C11H14F3NOS/c1-8(16)6-10(11(12,13)14)15(2)7-9-4-3-5-17-9/h3-5,10H,6-7H2,1-2H3. The summed E-state index contributed by atoms with van der Waals surface area (Å²) in [5.74, 6) is -0.453. The van der Waals surface area contributed by atoms with Crippen LogP contribution >= 0.6 is 11.3 Å². The van der Waals surface area contributed by atoms with Crippen LogP contribution in [0.1, 0.15) is 18.2 Å². The van der Waals surface area contributed by atoms with E-state index in [-0.39, 0.29) is 6.54 Å². The Morgan fingerprint density at radius 1 is 1.53 bits per heavy atom. The smallest absolute Gasteiger partial charge is 0.300 e. The van der Waals surface area contributed by atoms with Gasteiger partial charge in [-0.2, -0.15) is 13.2 Å². The van der Waals surface area contributed by atoms with Gasteiger partial charge in [0.25, 0.3) is 0 Å². The van der Waals surface area contributed by atoms with Crippen LogP contribution in [0.2, 0.25) is 0 Å². The summed E-state index contributed by atoms with van der Waals surface area (Å²) in [7, 11) is 1.39. The molecule has 1 heterocycles. The van der Waals surface area contributed by atoms with Gasteiger partial charge in [0.2, 0.25) is 0 Å². The minimum absolute atomic E-state index is 0.203. The van der Waals surface area contributed by atoms with Gasteiger partial charge in [-0.25, -0.2) is 0 Å². The summed E-state index contributed by atoms with van der Waals surface area (Å²) >= 11 is 1.40. The number of carbonyl (C=O) groups is 1. The molecule has 1 aromatic rings. The number of thiophene rings is 1. The molecule has 0 bridgehead atoms. The molecule has 0 aliphatic rings. The molecule has 1 rings (SSSR count). The van der Waals surface area contributed by atoms with E-state index in [1.807, 2.05) is 5.38 Å². The lowest BCUT2D eigenvalue weighted by Crippen LogP contribution is -2.44. The van der Waals surface area contributed by atoms with Crippen molar-refractivity contribution in [2.45, 2.75) is 32.1 Å². The molecule has 0 aromatic carbocycles. The van der Waals surface area contributed by atoms with Crippen LogP contribution in [0.15, 0.2) is 17.5 Å². The van der Waals surface area contributed by atoms with Crippen LogP contribution in [0.5, 0.6) is 0 Å². The zero-order chi connectivity index (χ0) is 13.1. The summed E-state index contributed by atoms with van der Waals surface area (Å²) < 4.78 is 38.3. The quantitative estimate of drug-likeness (QED) is 0.815. The molecule has 0 amide bonds. The maximum absolute atomic E-state index is 12.8. The van der Waals surface area contributed by atoms with Crippen molar-refractivity contribution >= 4 is 17.1 Å². The number of alkyl halides is 3. The Morgan fingerprint density at radius 3 is 2.59 bits per heavy atom. The number of nitrogens with zero attached hydrogens (tertiary/aromatic N) is 1. The summed E-state index contributed by atoms with van der Waals surface area (Å²) in [6.07, 6.45) is -4.87. The fourth-order valence-electron chi connectivity index (χ4n) is 1.55. The molecule has 0 fully saturated rings. The first-order chi connectivity index (χ1) is 7.80. The van der Waals surface area contributed by atoms with E-state index in [1.54, 1.807) is 12.1 Å². The number of rotatable bonds is 5. The van der Waals surface area contributed by atoms with Crippen LogP contribution in [-0.4, -0.2) is 29.9 Å². The van der Waals surface area contributed by atoms with Gasteiger partial charge < -0.3 is 0 Å². The molecule has 96 valence electrons. The predicted molar refractivity (Wildman–Crippen MR) is 60.9 cm³/mol. The second-order valence-corrected chi connectivity index (χ2v) is 4.99. The first-order valence-corrected chi connectivity index (χ1v) is 5.97. The maximum Gasteiger partial charge on any atom is 0.404 e. The lowest BCUT2D eigenvalue weighted by atomic mass is 10.1. The van der Waals surface area contributed by atoms with E-state index < -0.39 is 24.4 Å². The molecule has 1 atom stereocenters. The lowest BCUT2D eigenvalue weighted by molar-refractivity contribution is -0.184. The Kier molecular flexibility index (Phi) is 4.70. The van der Waals surface area contributed by atoms with E-state index in [2.05, 4.69) is 0 Å². The summed E-state index contributed by atoms with van der Waals surface area (Å²) in [5.41, 5.74) is 0. The van der Waals surface area contributed by atoms with Gasteiger partial charge in [0.05, 0.1) is 0 Å². The van der Waals surface area contributed by atoms with Crippen LogP contribution < -0.4 is 0 Å². The summed E-state index contributed by atoms with van der Waals surface area (Å²) in [4.78, 5) is 12.9. The first-order valence-electron chi connectivity index (χ1n) is 5.09. The van der Waals surface area contributed by atoms with Crippen LogP contribution in [0.3, 0.4) is 0 Å². The molecule has 17 heavy (non-hydrogen) atoms. The third kappa shape index (κ3) is 4.47. The fraction of sp³-hybridized carbons (Fsp3) is 0.545. The van der Waals surface area contributed by atoms with Gasteiger partial charge >= 0.3 is 6.18 Å². The Balaban J connectivity index is 2.72. The van der Waals surface area contributed by atoms with Gasteiger partial charge in [0, 0.05) is 17.8 Å². The molecular formula is C11H14F3NOS. The molecule has 0 N–H and O–H groups in total. The van der Waals surface area contributed by atoms with Gasteiger partial charge in [0.15, 0.2) is 0 Å². The maximum atomic E-state index is 12.8. The van der Waals surface area contributed by atoms with E-state index in [9.17, 15) is 18.0 Å².